The number of ether oxygens (including phenoxy) is 2. The quantitative estimate of drug-likeness (QED) is 0.618. The molecule has 0 aromatic carbocycles. The fourth-order valence-corrected chi connectivity index (χ4v) is 2.34. The van der Waals surface area contributed by atoms with Crippen molar-refractivity contribution < 1.29 is 9.47 Å². The molecule has 0 saturated carbocycles. The van der Waals surface area contributed by atoms with Crippen LogP contribution in [0.15, 0.2) is 0 Å². The maximum atomic E-state index is 5.84. The number of rotatable bonds is 9. The van der Waals surface area contributed by atoms with Crippen LogP contribution in [0.4, 0.5) is 0 Å². The molecule has 6 heteroatoms. The minimum absolute atomic E-state index is 0.275. The van der Waals surface area contributed by atoms with E-state index < -0.39 is 0 Å². The van der Waals surface area contributed by atoms with Gasteiger partial charge >= 0.3 is 0 Å². The maximum absolute atomic E-state index is 5.84. The van der Waals surface area contributed by atoms with Gasteiger partial charge in [-0.15, -0.1) is 0 Å². The Morgan fingerprint density at radius 1 is 1.53 bits per heavy atom. The SMILES string of the molecule is CCN1CCOC(CN(CCOC)CCC(N)=S)C1. The molecule has 1 unspecified atom stereocenters. The fourth-order valence-electron chi connectivity index (χ4n) is 2.25. The third-order valence-corrected chi connectivity index (χ3v) is 3.62. The van der Waals surface area contributed by atoms with Crippen molar-refractivity contribution in [3.63, 3.8) is 0 Å². The van der Waals surface area contributed by atoms with Crippen LogP contribution in [0, 0.1) is 0 Å². The molecular weight excluding hydrogens is 262 g/mol. The molecule has 1 aliphatic rings. The molecule has 0 spiro atoms. The summed E-state index contributed by atoms with van der Waals surface area (Å²) in [5.41, 5.74) is 5.58. The predicted octanol–water partition coefficient (Wildman–Crippen LogP) is 0.332. The number of morpholine rings is 1. The second-order valence-electron chi connectivity index (χ2n) is 4.90. The van der Waals surface area contributed by atoms with Crippen LogP contribution < -0.4 is 5.73 Å². The Hall–Kier alpha value is -0.270. The third kappa shape index (κ3) is 7.17. The van der Waals surface area contributed by atoms with Gasteiger partial charge in [0, 0.05) is 46.3 Å². The summed E-state index contributed by atoms with van der Waals surface area (Å²) in [4.78, 5) is 5.32. The number of hydrogen-bond donors (Lipinski definition) is 1. The summed E-state index contributed by atoms with van der Waals surface area (Å²) in [7, 11) is 1.72. The number of methoxy groups -OCH3 is 1. The summed E-state index contributed by atoms with van der Waals surface area (Å²) in [6.07, 6.45) is 1.03. The lowest BCUT2D eigenvalue weighted by molar-refractivity contribution is -0.0433. The number of likely N-dealkylation sites (N-methyl/N-ethyl adjacent to an activating group) is 1. The molecule has 19 heavy (non-hydrogen) atoms. The Morgan fingerprint density at radius 3 is 2.95 bits per heavy atom. The topological polar surface area (TPSA) is 51.0 Å². The zero-order valence-electron chi connectivity index (χ0n) is 12.1. The molecule has 0 aromatic rings. The van der Waals surface area contributed by atoms with Crippen LogP contribution in [0.2, 0.25) is 0 Å². The molecule has 1 heterocycles. The van der Waals surface area contributed by atoms with Crippen LogP contribution in [-0.2, 0) is 9.47 Å². The molecule has 112 valence electrons. The molecule has 0 bridgehead atoms. The lowest BCUT2D eigenvalue weighted by Crippen LogP contribution is -2.48. The summed E-state index contributed by atoms with van der Waals surface area (Å²) in [5, 5.41) is 0. The van der Waals surface area contributed by atoms with Crippen LogP contribution in [0.1, 0.15) is 13.3 Å². The standard InChI is InChI=1S/C13H27N3O2S/c1-3-15-7-9-18-12(10-15)11-16(6-8-17-2)5-4-13(14)19/h12H,3-11H2,1-2H3,(H2,14,19). The second-order valence-corrected chi connectivity index (χ2v) is 5.42. The van der Waals surface area contributed by atoms with Crippen molar-refractivity contribution >= 4 is 17.2 Å². The highest BCUT2D eigenvalue weighted by Crippen LogP contribution is 2.07. The minimum Gasteiger partial charge on any atom is -0.393 e. The van der Waals surface area contributed by atoms with E-state index in [1.165, 1.54) is 0 Å². The predicted molar refractivity (Wildman–Crippen MR) is 81.6 cm³/mol. The molecule has 0 amide bonds. The lowest BCUT2D eigenvalue weighted by atomic mass is 10.2. The third-order valence-electron chi connectivity index (χ3n) is 3.42. The summed E-state index contributed by atoms with van der Waals surface area (Å²) in [6, 6.07) is 0. The Labute approximate surface area is 122 Å². The van der Waals surface area contributed by atoms with Crippen LogP contribution in [0.25, 0.3) is 0 Å². The first-order valence-electron chi connectivity index (χ1n) is 6.99. The van der Waals surface area contributed by atoms with Gasteiger partial charge in [-0.25, -0.2) is 0 Å². The normalized spacial score (nSPS) is 20.9. The first-order valence-corrected chi connectivity index (χ1v) is 7.40. The molecule has 0 aromatic heterocycles. The highest BCUT2D eigenvalue weighted by Gasteiger charge is 2.21. The Bertz CT molecular complexity index is 266. The first kappa shape index (κ1) is 16.8. The molecule has 1 fully saturated rings. The maximum Gasteiger partial charge on any atom is 0.0829 e. The van der Waals surface area contributed by atoms with Gasteiger partial charge in [0.05, 0.1) is 24.3 Å². The van der Waals surface area contributed by atoms with E-state index >= 15 is 0 Å². The van der Waals surface area contributed by atoms with Crippen molar-refractivity contribution in [2.24, 2.45) is 5.73 Å². The van der Waals surface area contributed by atoms with Gasteiger partial charge in [-0.1, -0.05) is 19.1 Å². The molecule has 0 radical (unpaired) electrons. The molecular formula is C13H27N3O2S. The van der Waals surface area contributed by atoms with Crippen LogP contribution >= 0.6 is 12.2 Å². The van der Waals surface area contributed by atoms with Crippen molar-refractivity contribution in [3.8, 4) is 0 Å². The van der Waals surface area contributed by atoms with Crippen LogP contribution in [-0.4, -0.2) is 80.5 Å². The van der Waals surface area contributed by atoms with Crippen molar-refractivity contribution in [2.45, 2.75) is 19.4 Å². The molecule has 2 N–H and O–H groups in total. The van der Waals surface area contributed by atoms with Crippen molar-refractivity contribution in [1.29, 1.82) is 0 Å². The van der Waals surface area contributed by atoms with Gasteiger partial charge in [-0.05, 0) is 6.54 Å². The highest BCUT2D eigenvalue weighted by molar-refractivity contribution is 7.80. The largest absolute Gasteiger partial charge is 0.393 e. The van der Waals surface area contributed by atoms with E-state index in [4.69, 9.17) is 27.4 Å². The zero-order chi connectivity index (χ0) is 14.1. The van der Waals surface area contributed by atoms with E-state index in [-0.39, 0.29) is 6.10 Å². The summed E-state index contributed by atoms with van der Waals surface area (Å²) in [5.74, 6) is 0. The van der Waals surface area contributed by atoms with Gasteiger partial charge in [0.25, 0.3) is 0 Å². The molecule has 1 atom stereocenters. The van der Waals surface area contributed by atoms with E-state index in [9.17, 15) is 0 Å². The van der Waals surface area contributed by atoms with Gasteiger partial charge < -0.3 is 15.2 Å². The lowest BCUT2D eigenvalue weighted by Gasteiger charge is -2.35. The Kier molecular flexibility index (Phi) is 8.48. The average molecular weight is 289 g/mol. The highest BCUT2D eigenvalue weighted by atomic mass is 32.1. The van der Waals surface area contributed by atoms with E-state index in [1.54, 1.807) is 7.11 Å². The van der Waals surface area contributed by atoms with Crippen LogP contribution in [0.3, 0.4) is 0 Å². The number of hydrogen-bond acceptors (Lipinski definition) is 5. The first-order chi connectivity index (χ1) is 9.15. The van der Waals surface area contributed by atoms with Crippen molar-refractivity contribution in [1.82, 2.24) is 9.80 Å². The van der Waals surface area contributed by atoms with Crippen LogP contribution in [0.5, 0.6) is 0 Å². The molecule has 1 saturated heterocycles. The number of nitrogens with zero attached hydrogens (tertiary/aromatic N) is 2. The van der Waals surface area contributed by atoms with E-state index in [0.717, 1.165) is 58.9 Å². The molecule has 5 nitrogen and oxygen atoms in total. The summed E-state index contributed by atoms with van der Waals surface area (Å²) < 4.78 is 11.0. The zero-order valence-corrected chi connectivity index (χ0v) is 13.0. The monoisotopic (exact) mass is 289 g/mol. The molecule has 1 aliphatic heterocycles. The van der Waals surface area contributed by atoms with E-state index in [2.05, 4.69) is 16.7 Å². The van der Waals surface area contributed by atoms with Crippen molar-refractivity contribution in [3.05, 3.63) is 0 Å². The molecule has 1 rings (SSSR count). The van der Waals surface area contributed by atoms with Gasteiger partial charge in [-0.2, -0.15) is 0 Å². The number of nitrogens with two attached hydrogens (primary N) is 1. The minimum atomic E-state index is 0.275. The number of thiocarbonyl (C=S) groups is 1. The smallest absolute Gasteiger partial charge is 0.0829 e. The summed E-state index contributed by atoms with van der Waals surface area (Å²) in [6.45, 7) is 9.57. The second kappa shape index (κ2) is 9.61. The van der Waals surface area contributed by atoms with Gasteiger partial charge in [0.1, 0.15) is 0 Å². The van der Waals surface area contributed by atoms with Gasteiger partial charge in [0.15, 0.2) is 0 Å². The molecule has 0 aliphatic carbocycles. The summed E-state index contributed by atoms with van der Waals surface area (Å²) >= 11 is 4.95. The fraction of sp³-hybridized carbons (Fsp3) is 0.923. The Balaban J connectivity index is 2.38. The Morgan fingerprint density at radius 2 is 2.32 bits per heavy atom. The van der Waals surface area contributed by atoms with Gasteiger partial charge in [-0.3, -0.25) is 9.80 Å². The van der Waals surface area contributed by atoms with E-state index in [1.807, 2.05) is 0 Å². The van der Waals surface area contributed by atoms with Crippen molar-refractivity contribution in [2.75, 3.05) is 59.6 Å². The van der Waals surface area contributed by atoms with Gasteiger partial charge in [0.2, 0.25) is 0 Å². The van der Waals surface area contributed by atoms with E-state index in [0.29, 0.717) is 4.99 Å². The average Bonchev–Trinajstić information content (AvgIpc) is 2.42.